The molecule has 20 heavy (non-hydrogen) atoms. The van der Waals surface area contributed by atoms with Crippen LogP contribution in [0.5, 0.6) is 0 Å². The van der Waals surface area contributed by atoms with Gasteiger partial charge in [-0.3, -0.25) is 4.90 Å². The summed E-state index contributed by atoms with van der Waals surface area (Å²) in [6, 6.07) is 11.5. The van der Waals surface area contributed by atoms with Crippen LogP contribution in [0.3, 0.4) is 0 Å². The highest BCUT2D eigenvalue weighted by Crippen LogP contribution is 2.23. The Kier molecular flexibility index (Phi) is 3.74. The number of hydrogen-bond donors (Lipinski definition) is 1. The van der Waals surface area contributed by atoms with Crippen molar-refractivity contribution >= 4 is 5.69 Å². The molecule has 0 saturated carbocycles. The van der Waals surface area contributed by atoms with Crippen LogP contribution in [0.1, 0.15) is 20.3 Å². The maximum atomic E-state index is 4.33. The van der Waals surface area contributed by atoms with Crippen molar-refractivity contribution in [2.45, 2.75) is 32.4 Å². The topological polar surface area (TPSA) is 33.1 Å². The number of hydrogen-bond acceptors (Lipinski definition) is 3. The fourth-order valence-corrected chi connectivity index (χ4v) is 2.80. The number of likely N-dealkylation sites (tertiary alicyclic amines) is 1. The van der Waals surface area contributed by atoms with Gasteiger partial charge in [-0.1, -0.05) is 12.1 Å². The highest BCUT2D eigenvalue weighted by molar-refractivity contribution is 5.61. The first-order chi connectivity index (χ1) is 9.74. The van der Waals surface area contributed by atoms with Gasteiger partial charge in [-0.2, -0.15) is 5.10 Å². The van der Waals surface area contributed by atoms with Gasteiger partial charge >= 0.3 is 0 Å². The monoisotopic (exact) mass is 270 g/mol. The molecule has 2 heterocycles. The van der Waals surface area contributed by atoms with Crippen molar-refractivity contribution in [3.8, 4) is 5.69 Å². The lowest BCUT2D eigenvalue weighted by molar-refractivity contribution is 0.274. The highest BCUT2D eigenvalue weighted by atomic mass is 15.3. The number of nitrogens with one attached hydrogen (secondary N) is 1. The van der Waals surface area contributed by atoms with Crippen LogP contribution in [-0.4, -0.2) is 39.9 Å². The maximum Gasteiger partial charge on any atom is 0.0876 e. The average molecular weight is 270 g/mol. The van der Waals surface area contributed by atoms with Crippen molar-refractivity contribution in [3.63, 3.8) is 0 Å². The molecule has 1 fully saturated rings. The van der Waals surface area contributed by atoms with Crippen LogP contribution in [0.25, 0.3) is 5.69 Å². The summed E-state index contributed by atoms with van der Waals surface area (Å²) in [5.41, 5.74) is 2.27. The minimum Gasteiger partial charge on any atom is -0.379 e. The third kappa shape index (κ3) is 2.70. The molecule has 1 N–H and O–H groups in total. The van der Waals surface area contributed by atoms with Gasteiger partial charge in [0.05, 0.1) is 11.4 Å². The van der Waals surface area contributed by atoms with Gasteiger partial charge in [0.1, 0.15) is 0 Å². The molecule has 1 aromatic heterocycles. The second kappa shape index (κ2) is 5.67. The molecule has 1 aliphatic heterocycles. The lowest BCUT2D eigenvalue weighted by Gasteiger charge is -2.21. The summed E-state index contributed by atoms with van der Waals surface area (Å²) in [5, 5.41) is 8.01. The minimum atomic E-state index is 0.522. The summed E-state index contributed by atoms with van der Waals surface area (Å²) in [5.74, 6) is 0. The molecule has 0 aliphatic carbocycles. The number of anilines is 1. The fraction of sp³-hybridized carbons (Fsp3) is 0.438. The van der Waals surface area contributed by atoms with Gasteiger partial charge in [-0.25, -0.2) is 4.68 Å². The van der Waals surface area contributed by atoms with Gasteiger partial charge in [-0.05, 0) is 38.5 Å². The lowest BCUT2D eigenvalue weighted by atomic mass is 10.2. The van der Waals surface area contributed by atoms with E-state index < -0.39 is 0 Å². The highest BCUT2D eigenvalue weighted by Gasteiger charge is 2.24. The van der Waals surface area contributed by atoms with Crippen molar-refractivity contribution < 1.29 is 0 Å². The Bertz CT molecular complexity index is 547. The zero-order valence-electron chi connectivity index (χ0n) is 12.2. The predicted molar refractivity (Wildman–Crippen MR) is 82.3 cm³/mol. The van der Waals surface area contributed by atoms with Crippen LogP contribution in [0, 0.1) is 0 Å². The number of para-hydroxylation sites is 2. The summed E-state index contributed by atoms with van der Waals surface area (Å²) in [7, 11) is 0. The molecule has 106 valence electrons. The van der Waals surface area contributed by atoms with E-state index in [1.54, 1.807) is 0 Å². The van der Waals surface area contributed by atoms with E-state index in [4.69, 9.17) is 0 Å². The first-order valence-electron chi connectivity index (χ1n) is 7.33. The molecule has 4 nitrogen and oxygen atoms in total. The lowest BCUT2D eigenvalue weighted by Crippen LogP contribution is -2.31. The number of aromatic nitrogens is 2. The van der Waals surface area contributed by atoms with Crippen molar-refractivity contribution in [1.82, 2.24) is 14.7 Å². The summed E-state index contributed by atoms with van der Waals surface area (Å²) in [6.45, 7) is 6.82. The maximum absolute atomic E-state index is 4.33. The molecule has 1 saturated heterocycles. The van der Waals surface area contributed by atoms with Crippen LogP contribution in [0.4, 0.5) is 5.69 Å². The molecule has 0 bridgehead atoms. The minimum absolute atomic E-state index is 0.522. The first kappa shape index (κ1) is 13.2. The SMILES string of the molecule is CC(C)N1CCC(Nc2ccccc2-n2cccn2)C1. The van der Waals surface area contributed by atoms with Gasteiger partial charge in [0.2, 0.25) is 0 Å². The van der Waals surface area contributed by atoms with E-state index in [1.807, 2.05) is 23.1 Å². The van der Waals surface area contributed by atoms with Gasteiger partial charge in [0.15, 0.2) is 0 Å². The zero-order valence-corrected chi connectivity index (χ0v) is 12.2. The van der Waals surface area contributed by atoms with E-state index in [1.165, 1.54) is 13.0 Å². The van der Waals surface area contributed by atoms with E-state index in [0.29, 0.717) is 12.1 Å². The van der Waals surface area contributed by atoms with Crippen LogP contribution in [0.15, 0.2) is 42.7 Å². The Balaban J connectivity index is 1.76. The molecule has 2 aromatic rings. The molecule has 3 rings (SSSR count). The Hall–Kier alpha value is -1.81. The van der Waals surface area contributed by atoms with E-state index in [9.17, 15) is 0 Å². The molecule has 1 aromatic carbocycles. The van der Waals surface area contributed by atoms with E-state index in [0.717, 1.165) is 17.9 Å². The van der Waals surface area contributed by atoms with Gasteiger partial charge in [0, 0.05) is 37.6 Å². The molecule has 1 aliphatic rings. The summed E-state index contributed by atoms with van der Waals surface area (Å²) < 4.78 is 1.91. The second-order valence-corrected chi connectivity index (χ2v) is 5.69. The van der Waals surface area contributed by atoms with Crippen molar-refractivity contribution in [3.05, 3.63) is 42.7 Å². The van der Waals surface area contributed by atoms with Crippen LogP contribution < -0.4 is 5.32 Å². The molecule has 1 unspecified atom stereocenters. The first-order valence-corrected chi connectivity index (χ1v) is 7.33. The molecule has 0 spiro atoms. The van der Waals surface area contributed by atoms with Crippen LogP contribution in [0.2, 0.25) is 0 Å². The number of benzene rings is 1. The van der Waals surface area contributed by atoms with Crippen molar-refractivity contribution in [2.75, 3.05) is 18.4 Å². The van der Waals surface area contributed by atoms with Crippen LogP contribution in [-0.2, 0) is 0 Å². The predicted octanol–water partition coefficient (Wildman–Crippen LogP) is 2.77. The summed E-state index contributed by atoms with van der Waals surface area (Å²) in [6.07, 6.45) is 4.99. The third-order valence-corrected chi connectivity index (χ3v) is 3.96. The van der Waals surface area contributed by atoms with Crippen molar-refractivity contribution in [1.29, 1.82) is 0 Å². The van der Waals surface area contributed by atoms with Gasteiger partial charge in [-0.15, -0.1) is 0 Å². The van der Waals surface area contributed by atoms with Crippen LogP contribution >= 0.6 is 0 Å². The number of nitrogens with zero attached hydrogens (tertiary/aromatic N) is 3. The Morgan fingerprint density at radius 1 is 1.25 bits per heavy atom. The smallest absolute Gasteiger partial charge is 0.0876 e. The van der Waals surface area contributed by atoms with Gasteiger partial charge in [0.25, 0.3) is 0 Å². The number of rotatable bonds is 4. The zero-order chi connectivity index (χ0) is 13.9. The fourth-order valence-electron chi connectivity index (χ4n) is 2.80. The Morgan fingerprint density at radius 2 is 2.10 bits per heavy atom. The molecule has 4 heteroatoms. The summed E-state index contributed by atoms with van der Waals surface area (Å²) >= 11 is 0. The average Bonchev–Trinajstić information content (AvgIpc) is 3.10. The summed E-state index contributed by atoms with van der Waals surface area (Å²) in [4.78, 5) is 2.52. The van der Waals surface area contributed by atoms with Gasteiger partial charge < -0.3 is 5.32 Å². The molecular formula is C16H22N4. The van der Waals surface area contributed by atoms with E-state index in [-0.39, 0.29) is 0 Å². The van der Waals surface area contributed by atoms with E-state index >= 15 is 0 Å². The third-order valence-electron chi connectivity index (χ3n) is 3.96. The Morgan fingerprint density at radius 3 is 2.80 bits per heavy atom. The molecule has 0 radical (unpaired) electrons. The van der Waals surface area contributed by atoms with Crippen molar-refractivity contribution in [2.24, 2.45) is 0 Å². The normalized spacial score (nSPS) is 19.6. The quantitative estimate of drug-likeness (QED) is 0.927. The largest absolute Gasteiger partial charge is 0.379 e. The Labute approximate surface area is 120 Å². The standard InChI is InChI=1S/C16H22N4/c1-13(2)19-11-8-14(12-19)18-15-6-3-4-7-16(15)20-10-5-9-17-20/h3-7,9-10,13-14,18H,8,11-12H2,1-2H3. The molecule has 1 atom stereocenters. The van der Waals surface area contributed by atoms with E-state index in [2.05, 4.69) is 53.4 Å². The molecular weight excluding hydrogens is 248 g/mol. The molecule has 0 amide bonds. The second-order valence-electron chi connectivity index (χ2n) is 5.69.